The molecular weight excluding hydrogens is 314 g/mol. The molecule has 0 spiro atoms. The Hall–Kier alpha value is -1.54. The smallest absolute Gasteiger partial charge is 0.223 e. The predicted molar refractivity (Wildman–Crippen MR) is 69.7 cm³/mol. The van der Waals surface area contributed by atoms with Gasteiger partial charge in [-0.3, -0.25) is 0 Å². The van der Waals surface area contributed by atoms with Gasteiger partial charge in [-0.1, -0.05) is 5.16 Å². The molecule has 0 aromatic carbocycles. The molecular formula is C11H12BrN5O2. The molecule has 1 aliphatic rings. The molecule has 1 saturated heterocycles. The predicted octanol–water partition coefficient (Wildman–Crippen LogP) is 1.51. The van der Waals surface area contributed by atoms with Crippen molar-refractivity contribution in [1.82, 2.24) is 20.1 Å². The van der Waals surface area contributed by atoms with Crippen LogP contribution in [0.3, 0.4) is 0 Å². The summed E-state index contributed by atoms with van der Waals surface area (Å²) in [6.07, 6.45) is 3.06. The highest BCUT2D eigenvalue weighted by Gasteiger charge is 2.27. The number of nitrogens with zero attached hydrogens (tertiary/aromatic N) is 5. The van der Waals surface area contributed by atoms with Gasteiger partial charge in [0.25, 0.3) is 0 Å². The van der Waals surface area contributed by atoms with E-state index in [1.54, 1.807) is 13.1 Å². The van der Waals surface area contributed by atoms with Gasteiger partial charge in [-0.15, -0.1) is 0 Å². The molecule has 0 amide bonds. The summed E-state index contributed by atoms with van der Waals surface area (Å²) in [5.41, 5.74) is 0. The molecule has 0 bridgehead atoms. The average molecular weight is 326 g/mol. The van der Waals surface area contributed by atoms with Crippen LogP contribution < -0.4 is 4.90 Å². The number of hydrogen-bond acceptors (Lipinski definition) is 7. The highest BCUT2D eigenvalue weighted by Crippen LogP contribution is 2.27. The van der Waals surface area contributed by atoms with Gasteiger partial charge in [-0.2, -0.15) is 4.98 Å². The number of morpholine rings is 1. The lowest BCUT2D eigenvalue weighted by atomic mass is 10.2. The standard InChI is InChI=1S/C11H12BrN5O2/c1-7-15-10(16-19-7)9-5-17(2-3-18-9)11-8(12)4-13-6-14-11/h4,6,9H,2-3,5H2,1H3. The molecule has 3 rings (SSSR count). The molecule has 1 fully saturated rings. The molecule has 0 aliphatic carbocycles. The van der Waals surface area contributed by atoms with Gasteiger partial charge >= 0.3 is 0 Å². The summed E-state index contributed by atoms with van der Waals surface area (Å²) in [4.78, 5) is 14.6. The summed E-state index contributed by atoms with van der Waals surface area (Å²) in [5, 5.41) is 3.91. The van der Waals surface area contributed by atoms with Crippen LogP contribution in [0.5, 0.6) is 0 Å². The van der Waals surface area contributed by atoms with Crippen LogP contribution in [0, 0.1) is 6.92 Å². The van der Waals surface area contributed by atoms with E-state index in [4.69, 9.17) is 9.26 Å². The third kappa shape index (κ3) is 2.59. The van der Waals surface area contributed by atoms with Gasteiger partial charge in [0.15, 0.2) is 0 Å². The highest BCUT2D eigenvalue weighted by molar-refractivity contribution is 9.10. The number of anilines is 1. The zero-order valence-corrected chi connectivity index (χ0v) is 11.9. The van der Waals surface area contributed by atoms with E-state index in [-0.39, 0.29) is 6.10 Å². The number of rotatable bonds is 2. The number of ether oxygens (including phenoxy) is 1. The molecule has 0 saturated carbocycles. The van der Waals surface area contributed by atoms with E-state index < -0.39 is 0 Å². The fourth-order valence-corrected chi connectivity index (χ4v) is 2.45. The third-order valence-electron chi connectivity index (χ3n) is 2.85. The number of aromatic nitrogens is 4. The maximum atomic E-state index is 5.68. The van der Waals surface area contributed by atoms with Gasteiger partial charge in [0, 0.05) is 19.7 Å². The molecule has 0 N–H and O–H groups in total. The second-order valence-electron chi connectivity index (χ2n) is 4.17. The lowest BCUT2D eigenvalue weighted by Gasteiger charge is -2.32. The quantitative estimate of drug-likeness (QED) is 0.828. The van der Waals surface area contributed by atoms with E-state index in [2.05, 4.69) is 40.9 Å². The van der Waals surface area contributed by atoms with Crippen molar-refractivity contribution < 1.29 is 9.26 Å². The SMILES string of the molecule is Cc1nc(C2CN(c3ncncc3Br)CCO2)no1. The lowest BCUT2D eigenvalue weighted by Crippen LogP contribution is -2.39. The summed E-state index contributed by atoms with van der Waals surface area (Å²) < 4.78 is 11.5. The van der Waals surface area contributed by atoms with Gasteiger partial charge in [-0.05, 0) is 15.9 Å². The van der Waals surface area contributed by atoms with Gasteiger partial charge in [0.1, 0.15) is 18.2 Å². The molecule has 1 unspecified atom stereocenters. The van der Waals surface area contributed by atoms with Crippen molar-refractivity contribution in [2.45, 2.75) is 13.0 Å². The number of hydrogen-bond donors (Lipinski definition) is 0. The van der Waals surface area contributed by atoms with Crippen molar-refractivity contribution in [3.8, 4) is 0 Å². The summed E-state index contributed by atoms with van der Waals surface area (Å²) in [6.45, 7) is 3.75. The Balaban J connectivity index is 1.80. The van der Waals surface area contributed by atoms with Crippen LogP contribution in [0.2, 0.25) is 0 Å². The first-order valence-corrected chi connectivity index (χ1v) is 6.65. The summed E-state index contributed by atoms with van der Waals surface area (Å²) in [5.74, 6) is 1.97. The van der Waals surface area contributed by atoms with Crippen molar-refractivity contribution in [2.75, 3.05) is 24.6 Å². The van der Waals surface area contributed by atoms with Crippen molar-refractivity contribution in [3.63, 3.8) is 0 Å². The average Bonchev–Trinajstić information content (AvgIpc) is 2.86. The van der Waals surface area contributed by atoms with Crippen molar-refractivity contribution in [2.24, 2.45) is 0 Å². The first kappa shape index (κ1) is 12.5. The zero-order chi connectivity index (χ0) is 13.2. The van der Waals surface area contributed by atoms with E-state index >= 15 is 0 Å². The molecule has 100 valence electrons. The first-order valence-electron chi connectivity index (χ1n) is 5.86. The van der Waals surface area contributed by atoms with E-state index in [1.807, 2.05) is 0 Å². The molecule has 3 heterocycles. The van der Waals surface area contributed by atoms with E-state index in [1.165, 1.54) is 6.33 Å². The molecule has 1 aliphatic heterocycles. The molecule has 1 atom stereocenters. The fraction of sp³-hybridized carbons (Fsp3) is 0.455. The monoisotopic (exact) mass is 325 g/mol. The van der Waals surface area contributed by atoms with Crippen LogP contribution in [0.4, 0.5) is 5.82 Å². The van der Waals surface area contributed by atoms with Crippen LogP contribution in [0.15, 0.2) is 21.5 Å². The van der Waals surface area contributed by atoms with Crippen LogP contribution in [-0.4, -0.2) is 39.8 Å². The Kier molecular flexibility index (Phi) is 3.43. The number of aryl methyl sites for hydroxylation is 1. The second-order valence-corrected chi connectivity index (χ2v) is 5.03. The summed E-state index contributed by atoms with van der Waals surface area (Å²) >= 11 is 3.45. The van der Waals surface area contributed by atoms with Crippen molar-refractivity contribution >= 4 is 21.7 Å². The minimum atomic E-state index is -0.201. The second kappa shape index (κ2) is 5.22. The molecule has 2 aromatic heterocycles. The highest BCUT2D eigenvalue weighted by atomic mass is 79.9. The lowest BCUT2D eigenvalue weighted by molar-refractivity contribution is 0.0323. The zero-order valence-electron chi connectivity index (χ0n) is 10.3. The van der Waals surface area contributed by atoms with Crippen LogP contribution in [0.25, 0.3) is 0 Å². The molecule has 2 aromatic rings. The maximum Gasteiger partial charge on any atom is 0.223 e. The van der Waals surface area contributed by atoms with E-state index in [0.29, 0.717) is 24.9 Å². The first-order chi connectivity index (χ1) is 9.24. The Labute approximate surface area is 118 Å². The van der Waals surface area contributed by atoms with Crippen LogP contribution in [0.1, 0.15) is 17.8 Å². The molecule has 0 radical (unpaired) electrons. The normalized spacial score (nSPS) is 19.7. The summed E-state index contributed by atoms with van der Waals surface area (Å²) in [6, 6.07) is 0. The van der Waals surface area contributed by atoms with Gasteiger partial charge in [0.05, 0.1) is 17.6 Å². The van der Waals surface area contributed by atoms with E-state index in [9.17, 15) is 0 Å². The molecule has 7 nitrogen and oxygen atoms in total. The van der Waals surface area contributed by atoms with E-state index in [0.717, 1.165) is 16.8 Å². The van der Waals surface area contributed by atoms with Crippen molar-refractivity contribution in [3.05, 3.63) is 28.7 Å². The van der Waals surface area contributed by atoms with Crippen LogP contribution in [-0.2, 0) is 4.74 Å². The van der Waals surface area contributed by atoms with Gasteiger partial charge in [-0.25, -0.2) is 9.97 Å². The van der Waals surface area contributed by atoms with Gasteiger partial charge < -0.3 is 14.2 Å². The Morgan fingerprint density at radius 2 is 2.37 bits per heavy atom. The maximum absolute atomic E-state index is 5.68. The molecule has 19 heavy (non-hydrogen) atoms. The minimum absolute atomic E-state index is 0.201. The van der Waals surface area contributed by atoms with Crippen molar-refractivity contribution in [1.29, 1.82) is 0 Å². The largest absolute Gasteiger partial charge is 0.366 e. The molecule has 8 heteroatoms. The third-order valence-corrected chi connectivity index (χ3v) is 3.40. The minimum Gasteiger partial charge on any atom is -0.366 e. The Morgan fingerprint density at radius 1 is 1.47 bits per heavy atom. The van der Waals surface area contributed by atoms with Crippen LogP contribution >= 0.6 is 15.9 Å². The summed E-state index contributed by atoms with van der Waals surface area (Å²) in [7, 11) is 0. The number of halogens is 1. The topological polar surface area (TPSA) is 77.2 Å². The van der Waals surface area contributed by atoms with Gasteiger partial charge in [0.2, 0.25) is 11.7 Å². The Morgan fingerprint density at radius 3 is 3.11 bits per heavy atom. The fourth-order valence-electron chi connectivity index (χ4n) is 1.98. The Bertz CT molecular complexity index is 576.